The summed E-state index contributed by atoms with van der Waals surface area (Å²) in [6.45, 7) is 3.86. The largest absolute Gasteiger partial charge is 0.394 e. The molecule has 0 unspecified atom stereocenters. The molecular weight excluding hydrogens is 242 g/mol. The molecule has 2 rings (SSSR count). The van der Waals surface area contributed by atoms with Gasteiger partial charge in [0.15, 0.2) is 0 Å². The van der Waals surface area contributed by atoms with Crippen LogP contribution in [-0.4, -0.2) is 33.4 Å². The van der Waals surface area contributed by atoms with E-state index in [2.05, 4.69) is 15.5 Å². The number of nitrogens with one attached hydrogen (secondary N) is 2. The standard InChI is InChI=1S/C14H19N3O2/c1-3-14(4-2,9-18)16-13(19)10-5-6-11-8-15-17-12(11)7-10/h5-8,18H,3-4,9H2,1-2H3,(H,15,17)(H,16,19). The van der Waals surface area contributed by atoms with Crippen molar-refractivity contribution >= 4 is 16.8 Å². The minimum absolute atomic E-state index is 0.0575. The molecule has 0 fully saturated rings. The Bertz CT molecular complexity index is 565. The van der Waals surface area contributed by atoms with Gasteiger partial charge in [-0.25, -0.2) is 0 Å². The molecule has 5 nitrogen and oxygen atoms in total. The number of hydrogen-bond donors (Lipinski definition) is 3. The summed E-state index contributed by atoms with van der Waals surface area (Å²) in [7, 11) is 0. The number of benzene rings is 1. The molecule has 3 N–H and O–H groups in total. The van der Waals surface area contributed by atoms with Crippen molar-refractivity contribution in [2.45, 2.75) is 32.2 Å². The number of aromatic amines is 1. The van der Waals surface area contributed by atoms with E-state index < -0.39 is 5.54 Å². The van der Waals surface area contributed by atoms with Crippen molar-refractivity contribution in [3.63, 3.8) is 0 Å². The van der Waals surface area contributed by atoms with Crippen LogP contribution >= 0.6 is 0 Å². The van der Waals surface area contributed by atoms with Gasteiger partial charge in [0.05, 0.1) is 23.9 Å². The van der Waals surface area contributed by atoms with E-state index in [4.69, 9.17) is 0 Å². The molecule has 1 aromatic heterocycles. The minimum atomic E-state index is -0.542. The maximum atomic E-state index is 12.2. The average molecular weight is 261 g/mol. The van der Waals surface area contributed by atoms with Crippen molar-refractivity contribution in [3.8, 4) is 0 Å². The number of fused-ring (bicyclic) bond motifs is 1. The normalized spacial score (nSPS) is 11.7. The van der Waals surface area contributed by atoms with Crippen LogP contribution in [0.15, 0.2) is 24.4 Å². The topological polar surface area (TPSA) is 78.0 Å². The van der Waals surface area contributed by atoms with E-state index in [-0.39, 0.29) is 12.5 Å². The van der Waals surface area contributed by atoms with E-state index in [1.54, 1.807) is 18.3 Å². The van der Waals surface area contributed by atoms with Gasteiger partial charge in [0, 0.05) is 10.9 Å². The molecule has 0 aliphatic carbocycles. The summed E-state index contributed by atoms with van der Waals surface area (Å²) in [4.78, 5) is 12.2. The van der Waals surface area contributed by atoms with Gasteiger partial charge in [0.1, 0.15) is 0 Å². The first-order valence-electron chi connectivity index (χ1n) is 6.50. The van der Waals surface area contributed by atoms with Crippen LogP contribution in [0.3, 0.4) is 0 Å². The third kappa shape index (κ3) is 2.61. The molecule has 0 radical (unpaired) electrons. The van der Waals surface area contributed by atoms with Crippen LogP contribution in [0.4, 0.5) is 0 Å². The maximum absolute atomic E-state index is 12.2. The van der Waals surface area contributed by atoms with Gasteiger partial charge >= 0.3 is 0 Å². The van der Waals surface area contributed by atoms with Crippen molar-refractivity contribution in [2.75, 3.05) is 6.61 Å². The molecule has 0 aliphatic heterocycles. The van der Waals surface area contributed by atoms with Crippen LogP contribution in [0.25, 0.3) is 10.9 Å². The second kappa shape index (κ2) is 5.40. The van der Waals surface area contributed by atoms with E-state index in [0.717, 1.165) is 10.9 Å². The van der Waals surface area contributed by atoms with Crippen molar-refractivity contribution in [1.29, 1.82) is 0 Å². The number of amides is 1. The Hall–Kier alpha value is -1.88. The fourth-order valence-electron chi connectivity index (χ4n) is 2.08. The predicted octanol–water partition coefficient (Wildman–Crippen LogP) is 1.84. The van der Waals surface area contributed by atoms with Gasteiger partial charge in [-0.15, -0.1) is 0 Å². The van der Waals surface area contributed by atoms with Crippen LogP contribution < -0.4 is 5.32 Å². The van der Waals surface area contributed by atoms with Gasteiger partial charge in [0.2, 0.25) is 0 Å². The molecule has 1 heterocycles. The molecule has 19 heavy (non-hydrogen) atoms. The summed E-state index contributed by atoms with van der Waals surface area (Å²) in [5.74, 6) is -0.172. The zero-order chi connectivity index (χ0) is 13.9. The van der Waals surface area contributed by atoms with Crippen LogP contribution in [-0.2, 0) is 0 Å². The molecule has 0 aliphatic rings. The molecular formula is C14H19N3O2. The SMILES string of the molecule is CCC(CC)(CO)NC(=O)c1ccc2cn[nH]c2c1. The van der Waals surface area contributed by atoms with E-state index >= 15 is 0 Å². The molecule has 2 aromatic rings. The molecule has 1 amide bonds. The van der Waals surface area contributed by atoms with Crippen molar-refractivity contribution < 1.29 is 9.90 Å². The molecule has 102 valence electrons. The first-order valence-corrected chi connectivity index (χ1v) is 6.50. The Labute approximate surface area is 112 Å². The van der Waals surface area contributed by atoms with Crippen LogP contribution in [0.1, 0.15) is 37.0 Å². The lowest BCUT2D eigenvalue weighted by Crippen LogP contribution is -2.50. The van der Waals surface area contributed by atoms with Crippen LogP contribution in [0.2, 0.25) is 0 Å². The molecule has 5 heteroatoms. The highest BCUT2D eigenvalue weighted by molar-refractivity contribution is 5.98. The van der Waals surface area contributed by atoms with Crippen molar-refractivity contribution in [2.24, 2.45) is 0 Å². The highest BCUT2D eigenvalue weighted by Crippen LogP contribution is 2.17. The predicted molar refractivity (Wildman–Crippen MR) is 74.0 cm³/mol. The lowest BCUT2D eigenvalue weighted by atomic mass is 9.93. The van der Waals surface area contributed by atoms with Gasteiger partial charge in [-0.3, -0.25) is 9.89 Å². The number of nitrogens with zero attached hydrogens (tertiary/aromatic N) is 1. The summed E-state index contributed by atoms with van der Waals surface area (Å²) < 4.78 is 0. The average Bonchev–Trinajstić information content (AvgIpc) is 2.92. The van der Waals surface area contributed by atoms with Crippen molar-refractivity contribution in [3.05, 3.63) is 30.0 Å². The van der Waals surface area contributed by atoms with Crippen LogP contribution in [0, 0.1) is 0 Å². The monoisotopic (exact) mass is 261 g/mol. The molecule has 0 saturated heterocycles. The maximum Gasteiger partial charge on any atom is 0.251 e. The number of aliphatic hydroxyl groups excluding tert-OH is 1. The number of aromatic nitrogens is 2. The fourth-order valence-corrected chi connectivity index (χ4v) is 2.08. The molecule has 0 bridgehead atoms. The zero-order valence-electron chi connectivity index (χ0n) is 11.2. The number of carbonyl (C=O) groups excluding carboxylic acids is 1. The molecule has 0 spiro atoms. The first kappa shape index (κ1) is 13.5. The number of rotatable bonds is 5. The number of H-pyrrole nitrogens is 1. The molecule has 1 aromatic carbocycles. The Morgan fingerprint density at radius 3 is 2.79 bits per heavy atom. The van der Waals surface area contributed by atoms with Gasteiger partial charge in [-0.05, 0) is 25.0 Å². The van der Waals surface area contributed by atoms with Gasteiger partial charge in [0.25, 0.3) is 5.91 Å². The van der Waals surface area contributed by atoms with Crippen molar-refractivity contribution in [1.82, 2.24) is 15.5 Å². The summed E-state index contributed by atoms with van der Waals surface area (Å²) >= 11 is 0. The van der Waals surface area contributed by atoms with Gasteiger partial charge in [-0.2, -0.15) is 5.10 Å². The Morgan fingerprint density at radius 2 is 2.16 bits per heavy atom. The van der Waals surface area contributed by atoms with Gasteiger partial charge < -0.3 is 10.4 Å². The zero-order valence-corrected chi connectivity index (χ0v) is 11.2. The lowest BCUT2D eigenvalue weighted by Gasteiger charge is -2.30. The number of carbonyl (C=O) groups is 1. The van der Waals surface area contributed by atoms with E-state index in [1.807, 2.05) is 19.9 Å². The minimum Gasteiger partial charge on any atom is -0.394 e. The fraction of sp³-hybridized carbons (Fsp3) is 0.429. The smallest absolute Gasteiger partial charge is 0.251 e. The van der Waals surface area contributed by atoms with E-state index in [1.165, 1.54) is 0 Å². The third-order valence-electron chi connectivity index (χ3n) is 3.74. The van der Waals surface area contributed by atoms with Crippen LogP contribution in [0.5, 0.6) is 0 Å². The van der Waals surface area contributed by atoms with E-state index in [0.29, 0.717) is 18.4 Å². The number of hydrogen-bond acceptors (Lipinski definition) is 3. The van der Waals surface area contributed by atoms with Gasteiger partial charge in [-0.1, -0.05) is 19.9 Å². The molecule has 0 atom stereocenters. The lowest BCUT2D eigenvalue weighted by molar-refractivity contribution is 0.0818. The second-order valence-corrected chi connectivity index (χ2v) is 4.77. The summed E-state index contributed by atoms with van der Waals surface area (Å²) in [5, 5.41) is 20.1. The second-order valence-electron chi connectivity index (χ2n) is 4.77. The third-order valence-corrected chi connectivity index (χ3v) is 3.74. The van der Waals surface area contributed by atoms with E-state index in [9.17, 15) is 9.90 Å². The summed E-state index contributed by atoms with van der Waals surface area (Å²) in [6, 6.07) is 5.39. The molecule has 0 saturated carbocycles. The first-order chi connectivity index (χ1) is 9.14. The highest BCUT2D eigenvalue weighted by atomic mass is 16.3. The highest BCUT2D eigenvalue weighted by Gasteiger charge is 2.27. The quantitative estimate of drug-likeness (QED) is 0.768. The number of aliphatic hydroxyl groups is 1. The Balaban J connectivity index is 2.23. The Morgan fingerprint density at radius 1 is 1.42 bits per heavy atom. The summed E-state index contributed by atoms with van der Waals surface area (Å²) in [6.07, 6.45) is 3.10. The Kier molecular flexibility index (Phi) is 3.85. The summed E-state index contributed by atoms with van der Waals surface area (Å²) in [5.41, 5.74) is 0.853.